The van der Waals surface area contributed by atoms with Crippen molar-refractivity contribution in [1.29, 1.82) is 0 Å². The van der Waals surface area contributed by atoms with E-state index in [0.717, 1.165) is 21.3 Å². The van der Waals surface area contributed by atoms with Crippen LogP contribution in [0.1, 0.15) is 23.3 Å². The van der Waals surface area contributed by atoms with Crippen molar-refractivity contribution in [2.75, 3.05) is 11.1 Å². The van der Waals surface area contributed by atoms with Crippen molar-refractivity contribution >= 4 is 44.5 Å². The van der Waals surface area contributed by atoms with E-state index >= 15 is 0 Å². The highest BCUT2D eigenvalue weighted by atomic mass is 79.9. The standard InChI is InChI=1S/C19H17BrN4OS/c1-2-11-26-19-22-18(25)16-13-8-4-6-10-15(13)21-17(24(16)23-19)12-7-3-5-9-14(12)20/h2-10,16-17,21H,1,11H2,(H,22,23,25)/t16-,17+/m0/s1. The van der Waals surface area contributed by atoms with Crippen LogP contribution in [0.4, 0.5) is 5.69 Å². The highest BCUT2D eigenvalue weighted by Crippen LogP contribution is 2.43. The smallest absolute Gasteiger partial charge is 0.255 e. The Morgan fingerprint density at radius 2 is 1.92 bits per heavy atom. The highest BCUT2D eigenvalue weighted by Gasteiger charge is 2.42. The molecule has 0 aliphatic carbocycles. The summed E-state index contributed by atoms with van der Waals surface area (Å²) in [6.07, 6.45) is 1.54. The first kappa shape index (κ1) is 17.2. The number of nitrogens with one attached hydrogen (secondary N) is 2. The monoisotopic (exact) mass is 428 g/mol. The maximum absolute atomic E-state index is 12.9. The minimum atomic E-state index is -0.474. The SMILES string of the molecule is C=CCSC1=NN2[C@H](C(=O)N1)c1ccccc1N[C@H]2c1ccccc1Br. The Hall–Kier alpha value is -2.25. The number of hydrogen-bond donors (Lipinski definition) is 2. The second kappa shape index (κ2) is 7.17. The number of fused-ring (bicyclic) bond motifs is 3. The first-order valence-corrected chi connectivity index (χ1v) is 9.98. The quantitative estimate of drug-likeness (QED) is 0.717. The molecule has 0 radical (unpaired) electrons. The van der Waals surface area contributed by atoms with Gasteiger partial charge in [-0.3, -0.25) is 9.80 Å². The molecule has 2 aromatic carbocycles. The maximum Gasteiger partial charge on any atom is 0.255 e. The summed E-state index contributed by atoms with van der Waals surface area (Å²) in [5, 5.41) is 13.6. The minimum Gasteiger partial charge on any atom is -0.360 e. The van der Waals surface area contributed by atoms with Gasteiger partial charge < -0.3 is 10.6 Å². The van der Waals surface area contributed by atoms with Gasteiger partial charge in [0, 0.05) is 27.0 Å². The molecule has 26 heavy (non-hydrogen) atoms. The number of benzene rings is 2. The second-order valence-electron chi connectivity index (χ2n) is 5.93. The first-order valence-electron chi connectivity index (χ1n) is 8.20. The zero-order valence-electron chi connectivity index (χ0n) is 13.9. The number of amides is 1. The Morgan fingerprint density at radius 3 is 2.69 bits per heavy atom. The van der Waals surface area contributed by atoms with Crippen molar-refractivity contribution in [2.24, 2.45) is 5.10 Å². The number of carbonyl (C=O) groups is 1. The van der Waals surface area contributed by atoms with Gasteiger partial charge in [0.1, 0.15) is 6.17 Å². The molecule has 2 aliphatic heterocycles. The van der Waals surface area contributed by atoms with Gasteiger partial charge in [-0.15, -0.1) is 11.7 Å². The molecule has 2 heterocycles. The molecule has 5 nitrogen and oxygen atoms in total. The Bertz CT molecular complexity index is 901. The first-order chi connectivity index (χ1) is 12.7. The van der Waals surface area contributed by atoms with Crippen LogP contribution < -0.4 is 10.6 Å². The summed E-state index contributed by atoms with van der Waals surface area (Å²) in [4.78, 5) is 12.9. The Labute approximate surface area is 164 Å². The molecular weight excluding hydrogens is 412 g/mol. The van der Waals surface area contributed by atoms with E-state index in [2.05, 4.69) is 33.1 Å². The van der Waals surface area contributed by atoms with Gasteiger partial charge in [-0.25, -0.2) is 0 Å². The summed E-state index contributed by atoms with van der Waals surface area (Å²) in [7, 11) is 0. The summed E-state index contributed by atoms with van der Waals surface area (Å²) >= 11 is 5.08. The van der Waals surface area contributed by atoms with E-state index in [-0.39, 0.29) is 12.1 Å². The molecule has 132 valence electrons. The largest absolute Gasteiger partial charge is 0.360 e. The Balaban J connectivity index is 1.83. The molecule has 2 aromatic rings. The third-order valence-electron chi connectivity index (χ3n) is 4.30. The number of para-hydroxylation sites is 1. The molecule has 0 bridgehead atoms. The second-order valence-corrected chi connectivity index (χ2v) is 7.80. The van der Waals surface area contributed by atoms with Gasteiger partial charge in [0.05, 0.1) is 0 Å². The molecule has 0 aromatic heterocycles. The molecular formula is C19H17BrN4OS. The van der Waals surface area contributed by atoms with Gasteiger partial charge in [0.15, 0.2) is 11.2 Å². The van der Waals surface area contributed by atoms with E-state index in [4.69, 9.17) is 5.10 Å². The van der Waals surface area contributed by atoms with Crippen LogP contribution in [0.3, 0.4) is 0 Å². The van der Waals surface area contributed by atoms with Crippen molar-refractivity contribution in [3.8, 4) is 0 Å². The molecule has 4 rings (SSSR count). The average Bonchev–Trinajstić information content (AvgIpc) is 2.66. The van der Waals surface area contributed by atoms with E-state index in [9.17, 15) is 4.79 Å². The van der Waals surface area contributed by atoms with Crippen LogP contribution >= 0.6 is 27.7 Å². The number of anilines is 1. The van der Waals surface area contributed by atoms with Gasteiger partial charge in [0.25, 0.3) is 5.91 Å². The molecule has 1 amide bonds. The number of thioether (sulfide) groups is 1. The van der Waals surface area contributed by atoms with E-state index in [1.165, 1.54) is 11.8 Å². The van der Waals surface area contributed by atoms with Crippen LogP contribution in [-0.2, 0) is 4.79 Å². The van der Waals surface area contributed by atoms with Crippen LogP contribution in [0, 0.1) is 0 Å². The molecule has 2 aliphatic rings. The lowest BCUT2D eigenvalue weighted by atomic mass is 9.97. The fourth-order valence-electron chi connectivity index (χ4n) is 3.17. The van der Waals surface area contributed by atoms with E-state index in [0.29, 0.717) is 10.9 Å². The molecule has 0 saturated carbocycles. The fraction of sp³-hybridized carbons (Fsp3) is 0.158. The number of nitrogens with zero attached hydrogens (tertiary/aromatic N) is 2. The van der Waals surface area contributed by atoms with Gasteiger partial charge >= 0.3 is 0 Å². The lowest BCUT2D eigenvalue weighted by molar-refractivity contribution is -0.127. The Kier molecular flexibility index (Phi) is 4.74. The molecule has 0 fully saturated rings. The predicted octanol–water partition coefficient (Wildman–Crippen LogP) is 4.24. The van der Waals surface area contributed by atoms with Gasteiger partial charge in [-0.1, -0.05) is 70.2 Å². The minimum absolute atomic E-state index is 0.0717. The van der Waals surface area contributed by atoms with E-state index < -0.39 is 6.04 Å². The molecule has 0 spiro atoms. The Morgan fingerprint density at radius 1 is 1.19 bits per heavy atom. The number of amidine groups is 1. The lowest BCUT2D eigenvalue weighted by Gasteiger charge is -2.44. The fourth-order valence-corrected chi connectivity index (χ4v) is 4.27. The van der Waals surface area contributed by atoms with Crippen LogP contribution in [0.15, 0.2) is 70.8 Å². The topological polar surface area (TPSA) is 56.7 Å². The molecule has 0 unspecified atom stereocenters. The van der Waals surface area contributed by atoms with Crippen LogP contribution in [-0.4, -0.2) is 21.8 Å². The number of hydrogen-bond acceptors (Lipinski definition) is 5. The number of rotatable bonds is 3. The van der Waals surface area contributed by atoms with Crippen molar-refractivity contribution in [3.05, 3.63) is 76.8 Å². The summed E-state index contributed by atoms with van der Waals surface area (Å²) in [5.41, 5.74) is 2.89. The highest BCUT2D eigenvalue weighted by molar-refractivity contribution is 9.10. The van der Waals surface area contributed by atoms with Crippen LogP contribution in [0.25, 0.3) is 0 Å². The summed E-state index contributed by atoms with van der Waals surface area (Å²) in [6, 6.07) is 15.4. The van der Waals surface area contributed by atoms with Gasteiger partial charge in [-0.2, -0.15) is 0 Å². The molecule has 7 heteroatoms. The van der Waals surface area contributed by atoms with Crippen LogP contribution in [0.5, 0.6) is 0 Å². The van der Waals surface area contributed by atoms with E-state index in [1.807, 2.05) is 53.5 Å². The zero-order valence-corrected chi connectivity index (χ0v) is 16.3. The average molecular weight is 429 g/mol. The van der Waals surface area contributed by atoms with Crippen molar-refractivity contribution in [2.45, 2.75) is 12.2 Å². The van der Waals surface area contributed by atoms with Crippen molar-refractivity contribution < 1.29 is 4.79 Å². The molecule has 2 atom stereocenters. The summed E-state index contributed by atoms with van der Waals surface area (Å²) in [6.45, 7) is 3.73. The summed E-state index contributed by atoms with van der Waals surface area (Å²) < 4.78 is 0.970. The summed E-state index contributed by atoms with van der Waals surface area (Å²) in [5.74, 6) is 0.610. The van der Waals surface area contributed by atoms with Crippen LogP contribution in [0.2, 0.25) is 0 Å². The van der Waals surface area contributed by atoms with Crippen molar-refractivity contribution in [3.63, 3.8) is 0 Å². The predicted molar refractivity (Wildman–Crippen MR) is 110 cm³/mol. The number of hydrazone groups is 1. The number of carbonyl (C=O) groups excluding carboxylic acids is 1. The normalized spacial score (nSPS) is 21.0. The third-order valence-corrected chi connectivity index (χ3v) is 5.88. The number of halogens is 1. The molecule has 0 saturated heterocycles. The molecule has 2 N–H and O–H groups in total. The zero-order chi connectivity index (χ0) is 18.1. The van der Waals surface area contributed by atoms with Gasteiger partial charge in [-0.05, 0) is 12.1 Å². The van der Waals surface area contributed by atoms with Crippen molar-refractivity contribution in [1.82, 2.24) is 10.3 Å². The van der Waals surface area contributed by atoms with Gasteiger partial charge in [0.2, 0.25) is 0 Å². The maximum atomic E-state index is 12.9. The van der Waals surface area contributed by atoms with E-state index in [1.54, 1.807) is 6.08 Å². The lowest BCUT2D eigenvalue weighted by Crippen LogP contribution is -2.51. The third kappa shape index (κ3) is 3.01.